The van der Waals surface area contributed by atoms with Gasteiger partial charge < -0.3 is 15.1 Å². The Morgan fingerprint density at radius 2 is 1.83 bits per heavy atom. The summed E-state index contributed by atoms with van der Waals surface area (Å²) in [5.74, 6) is 0.660. The molecule has 0 saturated carbocycles. The maximum Gasteiger partial charge on any atom is 0.259 e. The molecule has 1 amide bonds. The first kappa shape index (κ1) is 15.5. The number of aromatic nitrogens is 1. The number of rotatable bonds is 3. The fourth-order valence-electron chi connectivity index (χ4n) is 2.75. The molecule has 23 heavy (non-hydrogen) atoms. The van der Waals surface area contributed by atoms with Gasteiger partial charge in [-0.15, -0.1) is 0 Å². The zero-order valence-electron chi connectivity index (χ0n) is 13.6. The second kappa shape index (κ2) is 6.79. The molecule has 3 rings (SSSR count). The number of hydrogen-bond acceptors (Lipinski definition) is 4. The van der Waals surface area contributed by atoms with E-state index >= 15 is 0 Å². The molecule has 0 radical (unpaired) electrons. The number of benzene rings is 1. The molecule has 5 nitrogen and oxygen atoms in total. The topological polar surface area (TPSA) is 48.5 Å². The minimum absolute atomic E-state index is 0.110. The molecule has 1 aromatic heterocycles. The molecule has 0 unspecified atom stereocenters. The van der Waals surface area contributed by atoms with Gasteiger partial charge in [-0.1, -0.05) is 18.2 Å². The van der Waals surface area contributed by atoms with Gasteiger partial charge >= 0.3 is 0 Å². The Hall–Kier alpha value is -2.40. The van der Waals surface area contributed by atoms with E-state index in [4.69, 9.17) is 0 Å². The first-order valence-corrected chi connectivity index (χ1v) is 7.90. The molecule has 0 atom stereocenters. The Morgan fingerprint density at radius 3 is 2.57 bits per heavy atom. The first-order chi connectivity index (χ1) is 11.1. The van der Waals surface area contributed by atoms with Crippen LogP contribution in [-0.2, 0) is 0 Å². The van der Waals surface area contributed by atoms with E-state index in [9.17, 15) is 4.79 Å². The molecule has 1 aromatic carbocycles. The van der Waals surface area contributed by atoms with Crippen LogP contribution in [0.2, 0.25) is 0 Å². The van der Waals surface area contributed by atoms with E-state index in [-0.39, 0.29) is 5.91 Å². The minimum atomic E-state index is -0.110. The van der Waals surface area contributed by atoms with Crippen LogP contribution in [0.4, 0.5) is 11.5 Å². The Kier molecular flexibility index (Phi) is 4.57. The van der Waals surface area contributed by atoms with Crippen molar-refractivity contribution in [3.05, 3.63) is 53.7 Å². The van der Waals surface area contributed by atoms with Crippen LogP contribution in [0.1, 0.15) is 15.9 Å². The van der Waals surface area contributed by atoms with Gasteiger partial charge in [0.15, 0.2) is 0 Å². The summed E-state index contributed by atoms with van der Waals surface area (Å²) >= 11 is 0. The van der Waals surface area contributed by atoms with Crippen molar-refractivity contribution in [1.82, 2.24) is 9.88 Å². The number of para-hydroxylation sites is 1. The smallest absolute Gasteiger partial charge is 0.259 e. The van der Waals surface area contributed by atoms with Gasteiger partial charge in [0.2, 0.25) is 0 Å². The molecule has 2 heterocycles. The minimum Gasteiger partial charge on any atom is -0.353 e. The molecule has 1 aliphatic rings. The van der Waals surface area contributed by atoms with E-state index in [1.165, 1.54) is 0 Å². The zero-order valence-corrected chi connectivity index (χ0v) is 13.6. The Labute approximate surface area is 136 Å². The number of pyridine rings is 1. The van der Waals surface area contributed by atoms with Gasteiger partial charge in [0.1, 0.15) is 5.82 Å². The Morgan fingerprint density at radius 1 is 1.09 bits per heavy atom. The number of carbonyl (C=O) groups excluding carboxylic acids is 1. The standard InChI is InChI=1S/C18H22N4O/c1-14-6-3-4-8-16(14)20-18(23)15-7-5-9-19-17(15)22-12-10-21(2)11-13-22/h3-9H,10-13H2,1-2H3,(H,20,23). The summed E-state index contributed by atoms with van der Waals surface area (Å²) in [5.41, 5.74) is 2.51. The molecular formula is C18H22N4O. The van der Waals surface area contributed by atoms with Crippen LogP contribution >= 0.6 is 0 Å². The summed E-state index contributed by atoms with van der Waals surface area (Å²) in [6.45, 7) is 5.72. The molecule has 0 bridgehead atoms. The van der Waals surface area contributed by atoms with Gasteiger partial charge in [-0.3, -0.25) is 4.79 Å². The molecule has 2 aromatic rings. The summed E-state index contributed by atoms with van der Waals surface area (Å²) in [6.07, 6.45) is 1.75. The van der Waals surface area contributed by atoms with Gasteiger partial charge in [0.25, 0.3) is 5.91 Å². The summed E-state index contributed by atoms with van der Waals surface area (Å²) in [6, 6.07) is 11.4. The molecule has 0 aliphatic carbocycles. The summed E-state index contributed by atoms with van der Waals surface area (Å²) in [5, 5.41) is 3.00. The third kappa shape index (κ3) is 3.51. The predicted octanol–water partition coefficient (Wildman–Crippen LogP) is 2.39. The summed E-state index contributed by atoms with van der Waals surface area (Å²) in [4.78, 5) is 21.6. The fourth-order valence-corrected chi connectivity index (χ4v) is 2.75. The predicted molar refractivity (Wildman–Crippen MR) is 93.1 cm³/mol. The largest absolute Gasteiger partial charge is 0.353 e. The lowest BCUT2D eigenvalue weighted by Crippen LogP contribution is -2.45. The number of nitrogens with one attached hydrogen (secondary N) is 1. The highest BCUT2D eigenvalue weighted by Crippen LogP contribution is 2.21. The van der Waals surface area contributed by atoms with Crippen LogP contribution in [0.25, 0.3) is 0 Å². The van der Waals surface area contributed by atoms with Crippen molar-refractivity contribution in [2.45, 2.75) is 6.92 Å². The first-order valence-electron chi connectivity index (χ1n) is 7.90. The van der Waals surface area contributed by atoms with E-state index in [0.717, 1.165) is 43.2 Å². The van der Waals surface area contributed by atoms with Gasteiger partial charge in [-0.25, -0.2) is 4.98 Å². The number of nitrogens with zero attached hydrogens (tertiary/aromatic N) is 3. The number of aryl methyl sites for hydroxylation is 1. The van der Waals surface area contributed by atoms with E-state index in [1.54, 1.807) is 6.20 Å². The number of likely N-dealkylation sites (N-methyl/N-ethyl adjacent to an activating group) is 1. The molecule has 120 valence electrons. The molecule has 1 saturated heterocycles. The summed E-state index contributed by atoms with van der Waals surface area (Å²) in [7, 11) is 2.11. The third-order valence-electron chi connectivity index (χ3n) is 4.23. The number of hydrogen-bond donors (Lipinski definition) is 1. The van der Waals surface area contributed by atoms with Gasteiger partial charge in [-0.05, 0) is 37.7 Å². The van der Waals surface area contributed by atoms with Crippen molar-refractivity contribution >= 4 is 17.4 Å². The van der Waals surface area contributed by atoms with E-state index < -0.39 is 0 Å². The van der Waals surface area contributed by atoms with Crippen molar-refractivity contribution in [3.8, 4) is 0 Å². The molecular weight excluding hydrogens is 288 g/mol. The van der Waals surface area contributed by atoms with Crippen LogP contribution < -0.4 is 10.2 Å². The van der Waals surface area contributed by atoms with E-state index in [0.29, 0.717) is 5.56 Å². The highest BCUT2D eigenvalue weighted by Gasteiger charge is 2.21. The van der Waals surface area contributed by atoms with Gasteiger partial charge in [0.05, 0.1) is 5.56 Å². The van der Waals surface area contributed by atoms with Crippen molar-refractivity contribution in [2.24, 2.45) is 0 Å². The summed E-state index contributed by atoms with van der Waals surface area (Å²) < 4.78 is 0. The number of carbonyl (C=O) groups is 1. The lowest BCUT2D eigenvalue weighted by Gasteiger charge is -2.34. The van der Waals surface area contributed by atoms with E-state index in [1.807, 2.05) is 43.3 Å². The zero-order chi connectivity index (χ0) is 16.2. The van der Waals surface area contributed by atoms with Crippen molar-refractivity contribution < 1.29 is 4.79 Å². The van der Waals surface area contributed by atoms with Crippen LogP contribution in [0.3, 0.4) is 0 Å². The quantitative estimate of drug-likeness (QED) is 0.946. The molecule has 1 aliphatic heterocycles. The highest BCUT2D eigenvalue weighted by atomic mass is 16.1. The molecule has 0 spiro atoms. The van der Waals surface area contributed by atoms with Crippen LogP contribution in [-0.4, -0.2) is 49.0 Å². The fraction of sp³-hybridized carbons (Fsp3) is 0.333. The second-order valence-corrected chi connectivity index (χ2v) is 5.93. The van der Waals surface area contributed by atoms with Gasteiger partial charge in [0, 0.05) is 38.1 Å². The molecule has 5 heteroatoms. The monoisotopic (exact) mass is 310 g/mol. The third-order valence-corrected chi connectivity index (χ3v) is 4.23. The van der Waals surface area contributed by atoms with Crippen molar-refractivity contribution in [2.75, 3.05) is 43.4 Å². The normalized spacial score (nSPS) is 15.5. The van der Waals surface area contributed by atoms with Crippen LogP contribution in [0.5, 0.6) is 0 Å². The van der Waals surface area contributed by atoms with Crippen LogP contribution in [0, 0.1) is 6.92 Å². The average Bonchev–Trinajstić information content (AvgIpc) is 2.58. The van der Waals surface area contributed by atoms with Crippen molar-refractivity contribution in [1.29, 1.82) is 0 Å². The lowest BCUT2D eigenvalue weighted by atomic mass is 10.1. The van der Waals surface area contributed by atoms with Crippen LogP contribution in [0.15, 0.2) is 42.6 Å². The highest BCUT2D eigenvalue weighted by molar-refractivity contribution is 6.07. The number of piperazine rings is 1. The average molecular weight is 310 g/mol. The number of amides is 1. The van der Waals surface area contributed by atoms with E-state index in [2.05, 4.69) is 27.1 Å². The molecule has 1 fully saturated rings. The van der Waals surface area contributed by atoms with Gasteiger partial charge in [-0.2, -0.15) is 0 Å². The maximum absolute atomic E-state index is 12.7. The maximum atomic E-state index is 12.7. The Balaban J connectivity index is 1.82. The van der Waals surface area contributed by atoms with Crippen molar-refractivity contribution in [3.63, 3.8) is 0 Å². The Bertz CT molecular complexity index is 693. The number of anilines is 2. The molecule has 1 N–H and O–H groups in total. The SMILES string of the molecule is Cc1ccccc1NC(=O)c1cccnc1N1CCN(C)CC1. The second-order valence-electron chi connectivity index (χ2n) is 5.93. The lowest BCUT2D eigenvalue weighted by molar-refractivity contribution is 0.102.